The minimum Gasteiger partial charge on any atom is -0.312 e. The lowest BCUT2D eigenvalue weighted by atomic mass is 9.89. The predicted molar refractivity (Wildman–Crippen MR) is 62.8 cm³/mol. The molecule has 2 fully saturated rings. The van der Waals surface area contributed by atoms with Gasteiger partial charge in [0.1, 0.15) is 0 Å². The third-order valence-corrected chi connectivity index (χ3v) is 4.85. The number of nitrogens with one attached hydrogen (secondary N) is 1. The van der Waals surface area contributed by atoms with Crippen molar-refractivity contribution in [2.45, 2.75) is 32.2 Å². The van der Waals surface area contributed by atoms with Crippen molar-refractivity contribution >= 4 is 11.3 Å². The molecule has 2 nitrogen and oxygen atoms in total. The van der Waals surface area contributed by atoms with Crippen LogP contribution in [0, 0.1) is 17.8 Å². The molecule has 0 radical (unpaired) electrons. The largest absolute Gasteiger partial charge is 0.312 e. The van der Waals surface area contributed by atoms with E-state index in [4.69, 9.17) is 0 Å². The number of hydrogen-bond acceptors (Lipinski definition) is 3. The molecule has 0 aliphatic heterocycles. The van der Waals surface area contributed by atoms with Gasteiger partial charge in [0.15, 0.2) is 0 Å². The Hall–Kier alpha value is -0.410. The molecule has 3 atom stereocenters. The smallest absolute Gasteiger partial charge is 0.0794 e. The van der Waals surface area contributed by atoms with E-state index < -0.39 is 0 Å². The van der Waals surface area contributed by atoms with E-state index in [-0.39, 0.29) is 0 Å². The van der Waals surface area contributed by atoms with Crippen LogP contribution < -0.4 is 5.32 Å². The number of aromatic nitrogens is 1. The van der Waals surface area contributed by atoms with Crippen molar-refractivity contribution in [3.8, 4) is 0 Å². The third-order valence-electron chi connectivity index (χ3n) is 4.07. The van der Waals surface area contributed by atoms with E-state index in [1.165, 1.54) is 37.1 Å². The van der Waals surface area contributed by atoms with Gasteiger partial charge in [-0.05, 0) is 43.6 Å². The van der Waals surface area contributed by atoms with Gasteiger partial charge >= 0.3 is 0 Å². The lowest BCUT2D eigenvalue weighted by Gasteiger charge is -2.21. The van der Waals surface area contributed by atoms with Gasteiger partial charge in [-0.2, -0.15) is 0 Å². The maximum absolute atomic E-state index is 4.09. The number of nitrogens with zero attached hydrogens (tertiary/aromatic N) is 1. The molecule has 1 heterocycles. The van der Waals surface area contributed by atoms with Gasteiger partial charge < -0.3 is 5.32 Å². The molecule has 2 aliphatic rings. The molecule has 15 heavy (non-hydrogen) atoms. The molecule has 2 bridgehead atoms. The quantitative estimate of drug-likeness (QED) is 0.847. The second-order valence-corrected chi connectivity index (χ2v) is 6.00. The molecule has 82 valence electrons. The van der Waals surface area contributed by atoms with Crippen LogP contribution in [0.1, 0.15) is 30.6 Å². The van der Waals surface area contributed by atoms with Gasteiger partial charge in [-0.15, -0.1) is 11.3 Å². The van der Waals surface area contributed by atoms with Crippen LogP contribution in [0.4, 0.5) is 0 Å². The highest BCUT2D eigenvalue weighted by atomic mass is 32.1. The maximum Gasteiger partial charge on any atom is 0.0794 e. The monoisotopic (exact) mass is 222 g/mol. The van der Waals surface area contributed by atoms with Gasteiger partial charge in [0.25, 0.3) is 0 Å². The molecule has 0 amide bonds. The van der Waals surface area contributed by atoms with Crippen LogP contribution in [0.3, 0.4) is 0 Å². The Kier molecular flexibility index (Phi) is 2.76. The van der Waals surface area contributed by atoms with Crippen molar-refractivity contribution in [2.75, 3.05) is 6.54 Å². The van der Waals surface area contributed by atoms with Crippen molar-refractivity contribution in [1.29, 1.82) is 0 Å². The van der Waals surface area contributed by atoms with Crippen LogP contribution in [0.15, 0.2) is 11.7 Å². The van der Waals surface area contributed by atoms with Gasteiger partial charge in [0, 0.05) is 17.6 Å². The number of thiazole rings is 1. The van der Waals surface area contributed by atoms with E-state index in [0.29, 0.717) is 0 Å². The fourth-order valence-electron chi connectivity index (χ4n) is 3.34. The molecule has 0 spiro atoms. The van der Waals surface area contributed by atoms with Gasteiger partial charge in [-0.1, -0.05) is 6.42 Å². The van der Waals surface area contributed by atoms with Crippen LogP contribution in [-0.4, -0.2) is 11.5 Å². The topological polar surface area (TPSA) is 24.9 Å². The minimum absolute atomic E-state index is 0.969. The average Bonchev–Trinajstić information content (AvgIpc) is 2.93. The fourth-order valence-corrected chi connectivity index (χ4v) is 3.90. The van der Waals surface area contributed by atoms with E-state index >= 15 is 0 Å². The lowest BCUT2D eigenvalue weighted by molar-refractivity contribution is 0.319. The summed E-state index contributed by atoms with van der Waals surface area (Å²) in [5, 5.41) is 3.58. The molecule has 3 heteroatoms. The van der Waals surface area contributed by atoms with E-state index in [9.17, 15) is 0 Å². The standard InChI is InChI=1S/C12H18N2S/c1-2-10-3-9(1)4-11(10)5-13-6-12-7-14-8-15-12/h7-11,13H,1-6H2. The molecule has 2 saturated carbocycles. The Balaban J connectivity index is 1.43. The summed E-state index contributed by atoms with van der Waals surface area (Å²) >= 11 is 1.75. The first-order valence-electron chi connectivity index (χ1n) is 6.00. The molecular weight excluding hydrogens is 204 g/mol. The van der Waals surface area contributed by atoms with E-state index in [1.54, 1.807) is 11.3 Å². The van der Waals surface area contributed by atoms with Crippen LogP contribution in [0.2, 0.25) is 0 Å². The van der Waals surface area contributed by atoms with Gasteiger partial charge in [0.05, 0.1) is 5.51 Å². The second-order valence-electron chi connectivity index (χ2n) is 5.03. The van der Waals surface area contributed by atoms with Gasteiger partial charge in [0.2, 0.25) is 0 Å². The summed E-state index contributed by atoms with van der Waals surface area (Å²) in [5.74, 6) is 3.09. The van der Waals surface area contributed by atoms with E-state index in [2.05, 4.69) is 10.3 Å². The summed E-state index contributed by atoms with van der Waals surface area (Å²) in [6, 6.07) is 0. The molecule has 1 aromatic rings. The third kappa shape index (κ3) is 2.08. The summed E-state index contributed by atoms with van der Waals surface area (Å²) in [6.07, 6.45) is 7.99. The lowest BCUT2D eigenvalue weighted by Crippen LogP contribution is -2.25. The van der Waals surface area contributed by atoms with E-state index in [1.807, 2.05) is 11.7 Å². The molecular formula is C12H18N2S. The Morgan fingerprint density at radius 1 is 1.40 bits per heavy atom. The number of fused-ring (bicyclic) bond motifs is 2. The van der Waals surface area contributed by atoms with Crippen LogP contribution in [0.25, 0.3) is 0 Å². The van der Waals surface area contributed by atoms with Crippen molar-refractivity contribution in [3.63, 3.8) is 0 Å². The minimum atomic E-state index is 0.969. The van der Waals surface area contributed by atoms with Crippen molar-refractivity contribution in [2.24, 2.45) is 17.8 Å². The summed E-state index contributed by atoms with van der Waals surface area (Å²) in [5.41, 5.74) is 1.91. The second kappa shape index (κ2) is 4.22. The molecule has 3 unspecified atom stereocenters. The molecule has 3 rings (SSSR count). The Bertz CT molecular complexity index is 309. The average molecular weight is 222 g/mol. The molecule has 2 aliphatic carbocycles. The Morgan fingerprint density at radius 2 is 2.40 bits per heavy atom. The van der Waals surface area contributed by atoms with Crippen molar-refractivity contribution in [3.05, 3.63) is 16.6 Å². The molecule has 0 saturated heterocycles. The van der Waals surface area contributed by atoms with Crippen LogP contribution >= 0.6 is 11.3 Å². The zero-order valence-corrected chi connectivity index (χ0v) is 9.80. The summed E-state index contributed by atoms with van der Waals surface area (Å²) in [7, 11) is 0. The number of rotatable bonds is 4. The van der Waals surface area contributed by atoms with Crippen molar-refractivity contribution < 1.29 is 0 Å². The summed E-state index contributed by atoms with van der Waals surface area (Å²) < 4.78 is 0. The van der Waals surface area contributed by atoms with Crippen LogP contribution in [0.5, 0.6) is 0 Å². The maximum atomic E-state index is 4.09. The van der Waals surface area contributed by atoms with Crippen molar-refractivity contribution in [1.82, 2.24) is 10.3 Å². The first-order valence-corrected chi connectivity index (χ1v) is 6.88. The first-order chi connectivity index (χ1) is 7.42. The zero-order valence-electron chi connectivity index (χ0n) is 8.98. The van der Waals surface area contributed by atoms with Crippen LogP contribution in [-0.2, 0) is 6.54 Å². The Morgan fingerprint density at radius 3 is 3.07 bits per heavy atom. The SMILES string of the molecule is c1ncc(CNCC2CC3CCC2C3)s1. The first kappa shape index (κ1) is 9.79. The summed E-state index contributed by atoms with van der Waals surface area (Å²) in [6.45, 7) is 2.23. The van der Waals surface area contributed by atoms with Gasteiger partial charge in [-0.3, -0.25) is 4.98 Å². The Labute approximate surface area is 95.1 Å². The van der Waals surface area contributed by atoms with E-state index in [0.717, 1.165) is 24.3 Å². The highest BCUT2D eigenvalue weighted by Gasteiger charge is 2.38. The highest BCUT2D eigenvalue weighted by Crippen LogP contribution is 2.47. The highest BCUT2D eigenvalue weighted by molar-refractivity contribution is 7.09. The predicted octanol–water partition coefficient (Wildman–Crippen LogP) is 2.67. The zero-order chi connectivity index (χ0) is 10.1. The number of hydrogen-bond donors (Lipinski definition) is 1. The normalized spacial score (nSPS) is 33.7. The van der Waals surface area contributed by atoms with Gasteiger partial charge in [-0.25, -0.2) is 0 Å². The summed E-state index contributed by atoms with van der Waals surface area (Å²) in [4.78, 5) is 5.45. The molecule has 1 N–H and O–H groups in total. The fraction of sp³-hybridized carbons (Fsp3) is 0.750. The molecule has 1 aromatic heterocycles. The molecule has 0 aromatic carbocycles.